The van der Waals surface area contributed by atoms with Crippen molar-refractivity contribution < 1.29 is 23.1 Å². The number of nitrogens with one attached hydrogen (secondary N) is 1. The number of hydrogen-bond acceptors (Lipinski definition) is 5. The van der Waals surface area contributed by atoms with Crippen LogP contribution in [0.1, 0.15) is 16.3 Å². The lowest BCUT2D eigenvalue weighted by molar-refractivity contribution is 0.0994. The van der Waals surface area contributed by atoms with Gasteiger partial charge < -0.3 is 19.0 Å². The van der Waals surface area contributed by atoms with Crippen molar-refractivity contribution in [2.45, 2.75) is 6.54 Å². The van der Waals surface area contributed by atoms with Crippen LogP contribution < -0.4 is 15.8 Å². The maximum Gasteiger partial charge on any atom is 0.414 e. The standard InChI is InChI=1S/C20H16FN3O5/c21-15-6-4-13(24-9-10-28-20(24)27)11-16(15)22-19(26)17-7-5-14(29-17)12-23-8-2-1-3-18(23)25/h1-8,11H,9-10,12H2,(H,22,26). The molecule has 8 nitrogen and oxygen atoms in total. The Morgan fingerprint density at radius 3 is 2.76 bits per heavy atom. The molecule has 4 rings (SSSR count). The van der Waals surface area contributed by atoms with E-state index in [0.717, 1.165) is 6.07 Å². The molecule has 3 heterocycles. The molecule has 0 spiro atoms. The number of furan rings is 1. The lowest BCUT2D eigenvalue weighted by Crippen LogP contribution is -2.23. The van der Waals surface area contributed by atoms with E-state index in [1.807, 2.05) is 0 Å². The number of anilines is 2. The Balaban J connectivity index is 1.50. The number of halogens is 1. The maximum atomic E-state index is 14.1. The third kappa shape index (κ3) is 3.88. The van der Waals surface area contributed by atoms with E-state index >= 15 is 0 Å². The van der Waals surface area contributed by atoms with E-state index in [9.17, 15) is 18.8 Å². The number of ether oxygens (including phenoxy) is 1. The second kappa shape index (κ2) is 7.63. The molecule has 1 aliphatic rings. The van der Waals surface area contributed by atoms with Crippen molar-refractivity contribution in [1.82, 2.24) is 4.57 Å². The Hall–Kier alpha value is -3.88. The van der Waals surface area contributed by atoms with Gasteiger partial charge in [0.15, 0.2) is 5.76 Å². The molecule has 2 aromatic heterocycles. The number of amides is 2. The van der Waals surface area contributed by atoms with E-state index in [1.165, 1.54) is 33.7 Å². The van der Waals surface area contributed by atoms with Gasteiger partial charge in [-0.3, -0.25) is 14.5 Å². The number of pyridine rings is 1. The summed E-state index contributed by atoms with van der Waals surface area (Å²) in [5, 5.41) is 2.44. The van der Waals surface area contributed by atoms with Crippen molar-refractivity contribution in [3.05, 3.63) is 82.4 Å². The fourth-order valence-corrected chi connectivity index (χ4v) is 2.93. The van der Waals surface area contributed by atoms with Gasteiger partial charge in [-0.05, 0) is 36.4 Å². The summed E-state index contributed by atoms with van der Waals surface area (Å²) in [6.45, 7) is 0.754. The molecule has 0 atom stereocenters. The Labute approximate surface area is 164 Å². The molecule has 1 fully saturated rings. The molecule has 0 radical (unpaired) electrons. The average molecular weight is 397 g/mol. The van der Waals surface area contributed by atoms with Crippen LogP contribution in [0.25, 0.3) is 0 Å². The zero-order valence-corrected chi connectivity index (χ0v) is 15.1. The molecule has 29 heavy (non-hydrogen) atoms. The molecule has 1 saturated heterocycles. The third-order valence-corrected chi connectivity index (χ3v) is 4.38. The van der Waals surface area contributed by atoms with Crippen LogP contribution in [-0.4, -0.2) is 29.7 Å². The van der Waals surface area contributed by atoms with Crippen molar-refractivity contribution >= 4 is 23.4 Å². The zero-order valence-electron chi connectivity index (χ0n) is 15.1. The number of carbonyl (C=O) groups is 2. The highest BCUT2D eigenvalue weighted by molar-refractivity contribution is 6.03. The van der Waals surface area contributed by atoms with Crippen molar-refractivity contribution in [2.75, 3.05) is 23.4 Å². The van der Waals surface area contributed by atoms with Crippen LogP contribution in [0.15, 0.2) is 63.9 Å². The maximum absolute atomic E-state index is 14.1. The first-order valence-electron chi connectivity index (χ1n) is 8.80. The third-order valence-electron chi connectivity index (χ3n) is 4.38. The number of carbonyl (C=O) groups excluding carboxylic acids is 2. The number of rotatable bonds is 5. The monoisotopic (exact) mass is 397 g/mol. The van der Waals surface area contributed by atoms with E-state index in [0.29, 0.717) is 18.0 Å². The van der Waals surface area contributed by atoms with Gasteiger partial charge in [0.1, 0.15) is 18.2 Å². The molecule has 2 amide bonds. The summed E-state index contributed by atoms with van der Waals surface area (Å²) < 4.78 is 25.9. The fraction of sp³-hybridized carbons (Fsp3) is 0.150. The predicted octanol–water partition coefficient (Wildman–Crippen LogP) is 2.84. The average Bonchev–Trinajstić information content (AvgIpc) is 3.34. The highest BCUT2D eigenvalue weighted by Gasteiger charge is 2.24. The summed E-state index contributed by atoms with van der Waals surface area (Å²) in [5.41, 5.74) is 0.117. The summed E-state index contributed by atoms with van der Waals surface area (Å²) in [6.07, 6.45) is 1.08. The van der Waals surface area contributed by atoms with Gasteiger partial charge in [0, 0.05) is 18.0 Å². The molecule has 0 bridgehead atoms. The summed E-state index contributed by atoms with van der Waals surface area (Å²) in [7, 11) is 0. The summed E-state index contributed by atoms with van der Waals surface area (Å²) in [6, 6.07) is 11.7. The van der Waals surface area contributed by atoms with Crippen LogP contribution in [0.2, 0.25) is 0 Å². The number of hydrogen-bond donors (Lipinski definition) is 1. The number of benzene rings is 1. The highest BCUT2D eigenvalue weighted by atomic mass is 19.1. The van der Waals surface area contributed by atoms with Gasteiger partial charge in [-0.1, -0.05) is 6.07 Å². The summed E-state index contributed by atoms with van der Waals surface area (Å²) >= 11 is 0. The number of aromatic nitrogens is 1. The minimum absolute atomic E-state index is 0.0330. The quantitative estimate of drug-likeness (QED) is 0.715. The molecule has 148 valence electrons. The molecule has 0 unspecified atom stereocenters. The van der Waals surface area contributed by atoms with E-state index in [4.69, 9.17) is 9.15 Å². The first kappa shape index (κ1) is 18.5. The highest BCUT2D eigenvalue weighted by Crippen LogP contribution is 2.25. The van der Waals surface area contributed by atoms with E-state index in [1.54, 1.807) is 24.4 Å². The Morgan fingerprint density at radius 1 is 1.14 bits per heavy atom. The zero-order chi connectivity index (χ0) is 20.4. The van der Waals surface area contributed by atoms with Crippen LogP contribution in [0, 0.1) is 5.82 Å². The minimum Gasteiger partial charge on any atom is -0.454 e. The van der Waals surface area contributed by atoms with Crippen LogP contribution >= 0.6 is 0 Å². The summed E-state index contributed by atoms with van der Waals surface area (Å²) in [4.78, 5) is 37.2. The molecular weight excluding hydrogens is 381 g/mol. The van der Waals surface area contributed by atoms with Gasteiger partial charge in [0.25, 0.3) is 11.5 Å². The molecule has 0 saturated carbocycles. The molecule has 1 aliphatic heterocycles. The second-order valence-corrected chi connectivity index (χ2v) is 6.32. The molecular formula is C20H16FN3O5. The molecule has 0 aliphatic carbocycles. The molecule has 9 heteroatoms. The van der Waals surface area contributed by atoms with Crippen molar-refractivity contribution in [1.29, 1.82) is 0 Å². The predicted molar refractivity (Wildman–Crippen MR) is 102 cm³/mol. The fourth-order valence-electron chi connectivity index (χ4n) is 2.93. The SMILES string of the molecule is O=C(Nc1cc(N2CCOC2=O)ccc1F)c1ccc(Cn2ccccc2=O)o1. The second-order valence-electron chi connectivity index (χ2n) is 6.32. The number of cyclic esters (lactones) is 1. The van der Waals surface area contributed by atoms with E-state index in [2.05, 4.69) is 5.32 Å². The van der Waals surface area contributed by atoms with Gasteiger partial charge in [-0.15, -0.1) is 0 Å². The summed E-state index contributed by atoms with van der Waals surface area (Å²) in [5.74, 6) is -0.944. The van der Waals surface area contributed by atoms with Gasteiger partial charge >= 0.3 is 6.09 Å². The lowest BCUT2D eigenvalue weighted by Gasteiger charge is -2.14. The Kier molecular flexibility index (Phi) is 4.86. The first-order valence-corrected chi connectivity index (χ1v) is 8.80. The van der Waals surface area contributed by atoms with Crippen molar-refractivity contribution in [2.24, 2.45) is 0 Å². The van der Waals surface area contributed by atoms with Gasteiger partial charge in [-0.25, -0.2) is 9.18 Å². The number of nitrogens with zero attached hydrogens (tertiary/aromatic N) is 2. The molecule has 1 aromatic carbocycles. The topological polar surface area (TPSA) is 93.8 Å². The largest absolute Gasteiger partial charge is 0.454 e. The molecule has 3 aromatic rings. The normalized spacial score (nSPS) is 13.4. The first-order chi connectivity index (χ1) is 14.0. The Morgan fingerprint density at radius 2 is 2.00 bits per heavy atom. The van der Waals surface area contributed by atoms with E-state index < -0.39 is 17.8 Å². The minimum atomic E-state index is -0.656. The van der Waals surface area contributed by atoms with Gasteiger partial charge in [0.2, 0.25) is 0 Å². The van der Waals surface area contributed by atoms with Gasteiger partial charge in [0.05, 0.1) is 18.8 Å². The van der Waals surface area contributed by atoms with Crippen LogP contribution in [0.4, 0.5) is 20.6 Å². The van der Waals surface area contributed by atoms with Crippen molar-refractivity contribution in [3.8, 4) is 0 Å². The smallest absolute Gasteiger partial charge is 0.414 e. The van der Waals surface area contributed by atoms with Crippen LogP contribution in [0.3, 0.4) is 0 Å². The van der Waals surface area contributed by atoms with Gasteiger partial charge in [-0.2, -0.15) is 0 Å². The molecule has 1 N–H and O–H groups in total. The van der Waals surface area contributed by atoms with Crippen molar-refractivity contribution in [3.63, 3.8) is 0 Å². The Bertz CT molecular complexity index is 1140. The van der Waals surface area contributed by atoms with Crippen LogP contribution in [0.5, 0.6) is 0 Å². The van der Waals surface area contributed by atoms with E-state index in [-0.39, 0.29) is 30.2 Å². The van der Waals surface area contributed by atoms with Crippen LogP contribution in [-0.2, 0) is 11.3 Å². The lowest BCUT2D eigenvalue weighted by atomic mass is 10.2.